The van der Waals surface area contributed by atoms with Gasteiger partial charge in [0.2, 0.25) is 0 Å². The molecule has 0 saturated carbocycles. The zero-order chi connectivity index (χ0) is 26.9. The molecule has 11 heteroatoms. The van der Waals surface area contributed by atoms with Crippen molar-refractivity contribution in [3.05, 3.63) is 42.0 Å². The predicted molar refractivity (Wildman–Crippen MR) is 145 cm³/mol. The fourth-order valence-corrected chi connectivity index (χ4v) is 4.88. The molecule has 0 bridgehead atoms. The maximum Gasteiger partial charge on any atom is 0.326 e. The molecule has 1 unspecified atom stereocenters. The van der Waals surface area contributed by atoms with E-state index in [1.54, 1.807) is 0 Å². The van der Waals surface area contributed by atoms with Gasteiger partial charge in [-0.3, -0.25) is 0 Å². The average Bonchev–Trinajstić information content (AvgIpc) is 3.30. The molecule has 0 fully saturated rings. The average molecular weight is 528 g/mol. The number of rotatable bonds is 15. The number of methoxy groups -OCH3 is 1. The lowest BCUT2D eigenvalue weighted by Crippen LogP contribution is -2.38. The summed E-state index contributed by atoms with van der Waals surface area (Å²) in [6.45, 7) is 2.26. The molecule has 0 saturated heterocycles. The van der Waals surface area contributed by atoms with E-state index in [4.69, 9.17) is 9.72 Å². The van der Waals surface area contributed by atoms with Gasteiger partial charge in [0.05, 0.1) is 12.0 Å². The molecule has 38 heavy (non-hydrogen) atoms. The molecule has 1 aliphatic rings. The number of carbonyl (C=O) groups is 1. The van der Waals surface area contributed by atoms with Gasteiger partial charge in [-0.15, -0.1) is 0 Å². The Hall–Kier alpha value is -3.31. The highest BCUT2D eigenvalue weighted by atomic mass is 19.1. The molecule has 3 aromatic heterocycles. The van der Waals surface area contributed by atoms with Crippen molar-refractivity contribution in [1.29, 1.82) is 0 Å². The number of ether oxygens (including phenoxy) is 1. The molecule has 206 valence electrons. The van der Waals surface area contributed by atoms with E-state index in [2.05, 4.69) is 32.7 Å². The molecule has 2 atom stereocenters. The molecule has 10 nitrogen and oxygen atoms in total. The Labute approximate surface area is 222 Å². The number of halogens is 1. The van der Waals surface area contributed by atoms with E-state index >= 15 is 0 Å². The SMILES string of the molecule is COC[C@@H](F)CN(CCCCc1ccc2c(n1)NCCC2)CCC(Nc1ncnc2c1ccn2C)C(=O)O. The van der Waals surface area contributed by atoms with Crippen LogP contribution in [0.2, 0.25) is 0 Å². The largest absolute Gasteiger partial charge is 0.480 e. The Balaban J connectivity index is 1.33. The number of carboxylic acids is 1. The number of alkyl halides is 1. The summed E-state index contributed by atoms with van der Waals surface area (Å²) in [5, 5.41) is 17.1. The van der Waals surface area contributed by atoms with Crippen LogP contribution < -0.4 is 10.6 Å². The second kappa shape index (κ2) is 13.5. The third kappa shape index (κ3) is 7.38. The quantitative estimate of drug-likeness (QED) is 0.256. The smallest absolute Gasteiger partial charge is 0.326 e. The number of hydrogen-bond donors (Lipinski definition) is 3. The summed E-state index contributed by atoms with van der Waals surface area (Å²) >= 11 is 0. The van der Waals surface area contributed by atoms with Crippen LogP contribution in [0, 0.1) is 0 Å². The van der Waals surface area contributed by atoms with Gasteiger partial charge in [-0.25, -0.2) is 24.1 Å². The van der Waals surface area contributed by atoms with Crippen LogP contribution in [0.25, 0.3) is 11.0 Å². The van der Waals surface area contributed by atoms with Crippen molar-refractivity contribution in [3.8, 4) is 0 Å². The third-order valence-corrected chi connectivity index (χ3v) is 6.92. The number of fused-ring (bicyclic) bond motifs is 2. The molecule has 0 spiro atoms. The molecule has 0 aromatic carbocycles. The fourth-order valence-electron chi connectivity index (χ4n) is 4.88. The van der Waals surface area contributed by atoms with Crippen molar-refractivity contribution in [2.45, 2.75) is 50.7 Å². The monoisotopic (exact) mass is 527 g/mol. The minimum Gasteiger partial charge on any atom is -0.480 e. The van der Waals surface area contributed by atoms with Gasteiger partial charge in [-0.2, -0.15) is 0 Å². The number of unbranched alkanes of at least 4 members (excludes halogenated alkanes) is 1. The zero-order valence-electron chi connectivity index (χ0n) is 22.2. The third-order valence-electron chi connectivity index (χ3n) is 6.92. The first kappa shape index (κ1) is 27.7. The maximum absolute atomic E-state index is 14.5. The summed E-state index contributed by atoms with van der Waals surface area (Å²) in [4.78, 5) is 27.3. The van der Waals surface area contributed by atoms with Gasteiger partial charge < -0.3 is 29.9 Å². The number of nitrogens with zero attached hydrogens (tertiary/aromatic N) is 5. The lowest BCUT2D eigenvalue weighted by molar-refractivity contribution is -0.138. The Bertz CT molecular complexity index is 1200. The van der Waals surface area contributed by atoms with Crippen LogP contribution in [0.1, 0.15) is 36.9 Å². The first-order chi connectivity index (χ1) is 18.4. The van der Waals surface area contributed by atoms with Crippen molar-refractivity contribution in [1.82, 2.24) is 24.4 Å². The number of pyridine rings is 1. The van der Waals surface area contributed by atoms with E-state index in [1.165, 1.54) is 19.0 Å². The van der Waals surface area contributed by atoms with E-state index in [-0.39, 0.29) is 13.2 Å². The van der Waals surface area contributed by atoms with Crippen LogP contribution in [-0.2, 0) is 29.4 Å². The molecule has 4 rings (SSSR count). The van der Waals surface area contributed by atoms with Gasteiger partial charge in [-0.05, 0) is 62.8 Å². The van der Waals surface area contributed by atoms with Crippen LogP contribution in [0.4, 0.5) is 16.0 Å². The topological polar surface area (TPSA) is 117 Å². The molecule has 1 aliphatic heterocycles. The van der Waals surface area contributed by atoms with Crippen molar-refractivity contribution >= 4 is 28.6 Å². The summed E-state index contributed by atoms with van der Waals surface area (Å²) < 4.78 is 21.3. The van der Waals surface area contributed by atoms with Gasteiger partial charge in [0.1, 0.15) is 35.8 Å². The number of nitrogens with one attached hydrogen (secondary N) is 2. The number of anilines is 2. The summed E-state index contributed by atoms with van der Waals surface area (Å²) in [7, 11) is 3.35. The Kier molecular flexibility index (Phi) is 9.83. The molecular weight excluding hydrogens is 489 g/mol. The number of aryl methyl sites for hydroxylation is 3. The number of aliphatic carboxylic acids is 1. The molecule has 3 aromatic rings. The Morgan fingerprint density at radius 2 is 2.16 bits per heavy atom. The van der Waals surface area contributed by atoms with Gasteiger partial charge in [0.25, 0.3) is 0 Å². The summed E-state index contributed by atoms with van der Waals surface area (Å²) in [5.74, 6) is 0.497. The van der Waals surface area contributed by atoms with Crippen molar-refractivity contribution in [2.24, 2.45) is 7.05 Å². The van der Waals surface area contributed by atoms with Crippen LogP contribution >= 0.6 is 0 Å². The number of carboxylic acid groups (broad SMARTS) is 1. The number of aromatic nitrogens is 4. The van der Waals surface area contributed by atoms with Crippen molar-refractivity contribution in [2.75, 3.05) is 50.5 Å². The second-order valence-corrected chi connectivity index (χ2v) is 9.86. The summed E-state index contributed by atoms with van der Waals surface area (Å²) in [5.41, 5.74) is 3.05. The van der Waals surface area contributed by atoms with Crippen LogP contribution in [0.3, 0.4) is 0 Å². The molecule has 3 N–H and O–H groups in total. The summed E-state index contributed by atoms with van der Waals surface area (Å²) in [6, 6.07) is 5.24. The van der Waals surface area contributed by atoms with Gasteiger partial charge in [0, 0.05) is 45.7 Å². The van der Waals surface area contributed by atoms with Crippen LogP contribution in [0.15, 0.2) is 30.7 Å². The normalized spacial score (nSPS) is 14.7. The highest BCUT2D eigenvalue weighted by Gasteiger charge is 2.22. The van der Waals surface area contributed by atoms with E-state index in [9.17, 15) is 14.3 Å². The first-order valence-electron chi connectivity index (χ1n) is 13.3. The minimum absolute atomic E-state index is 0.01000. The highest BCUT2D eigenvalue weighted by molar-refractivity contribution is 5.89. The minimum atomic E-state index is -1.14. The molecule has 4 heterocycles. The lowest BCUT2D eigenvalue weighted by atomic mass is 10.1. The molecule has 0 aliphatic carbocycles. The maximum atomic E-state index is 14.5. The molecule has 0 radical (unpaired) electrons. The van der Waals surface area contributed by atoms with Crippen molar-refractivity contribution in [3.63, 3.8) is 0 Å². The Morgan fingerprint density at radius 1 is 1.29 bits per heavy atom. The number of hydrogen-bond acceptors (Lipinski definition) is 8. The fraction of sp³-hybridized carbons (Fsp3) is 0.556. The predicted octanol–water partition coefficient (Wildman–Crippen LogP) is 3.29. The summed E-state index contributed by atoms with van der Waals surface area (Å²) in [6.07, 6.45) is 7.25. The first-order valence-corrected chi connectivity index (χ1v) is 13.3. The van der Waals surface area contributed by atoms with Crippen LogP contribution in [-0.4, -0.2) is 87.6 Å². The zero-order valence-corrected chi connectivity index (χ0v) is 22.2. The lowest BCUT2D eigenvalue weighted by Gasteiger charge is -2.26. The van der Waals surface area contributed by atoms with E-state index in [0.717, 1.165) is 61.2 Å². The van der Waals surface area contributed by atoms with Gasteiger partial charge in [-0.1, -0.05) is 6.07 Å². The second-order valence-electron chi connectivity index (χ2n) is 9.86. The highest BCUT2D eigenvalue weighted by Crippen LogP contribution is 2.22. The van der Waals surface area contributed by atoms with Gasteiger partial charge in [0.15, 0.2) is 0 Å². The van der Waals surface area contributed by atoms with Crippen molar-refractivity contribution < 1.29 is 19.0 Å². The Morgan fingerprint density at radius 3 is 2.97 bits per heavy atom. The van der Waals surface area contributed by atoms with E-state index in [0.29, 0.717) is 25.3 Å². The molecular formula is C27H38FN7O3. The van der Waals surface area contributed by atoms with E-state index in [1.807, 2.05) is 28.8 Å². The standard InChI is InChI=1S/C27H38FN7O3/c1-34-14-10-22-25(30-18-31-26(22)34)33-23(27(36)37)11-15-35(16-20(28)17-38-2)13-4-3-7-21-9-8-19-6-5-12-29-24(19)32-21/h8-10,14,18,20,23H,3-7,11-13,15-17H2,1-2H3,(H,29,32)(H,36,37)(H,30,31,33)/t20-,23?/m0/s1. The van der Waals surface area contributed by atoms with E-state index < -0.39 is 18.2 Å². The van der Waals surface area contributed by atoms with Gasteiger partial charge >= 0.3 is 5.97 Å². The van der Waals surface area contributed by atoms with Crippen LogP contribution in [0.5, 0.6) is 0 Å². The molecule has 0 amide bonds.